The van der Waals surface area contributed by atoms with E-state index in [0.717, 1.165) is 11.1 Å². The lowest BCUT2D eigenvalue weighted by Gasteiger charge is -2.16. The first kappa shape index (κ1) is 19.7. The molecule has 8 heteroatoms. The standard InChI is InChI=1S/C22H18ClN3O4/c1-13-12-16(23)7-10-18(13)29-14(2)20(27)24-17-8-5-15(6-9-17)21-25-26-22(30-21)19-4-3-11-28-19/h3-12,14H,1-2H3,(H,24,27)/t14-/m0/s1. The summed E-state index contributed by atoms with van der Waals surface area (Å²) in [6.07, 6.45) is 0.853. The number of carbonyl (C=O) groups excluding carboxylic acids is 1. The van der Waals surface area contributed by atoms with Crippen LogP contribution in [0.15, 0.2) is 69.7 Å². The highest BCUT2D eigenvalue weighted by Crippen LogP contribution is 2.26. The maximum atomic E-state index is 12.5. The van der Waals surface area contributed by atoms with Crippen molar-refractivity contribution < 1.29 is 18.4 Å². The maximum absolute atomic E-state index is 12.5. The minimum absolute atomic E-state index is 0.269. The Morgan fingerprint density at radius 2 is 1.87 bits per heavy atom. The number of aryl methyl sites for hydroxylation is 1. The van der Waals surface area contributed by atoms with Crippen LogP contribution in [0.4, 0.5) is 5.69 Å². The second-order valence-corrected chi connectivity index (χ2v) is 7.06. The number of hydrogen-bond acceptors (Lipinski definition) is 6. The van der Waals surface area contributed by atoms with Gasteiger partial charge in [-0.15, -0.1) is 10.2 Å². The Morgan fingerprint density at radius 3 is 2.57 bits per heavy atom. The van der Waals surface area contributed by atoms with Gasteiger partial charge in [0.25, 0.3) is 11.8 Å². The van der Waals surface area contributed by atoms with Gasteiger partial charge in [0.15, 0.2) is 11.9 Å². The molecule has 2 aromatic heterocycles. The van der Waals surface area contributed by atoms with Crippen molar-refractivity contribution in [2.75, 3.05) is 5.32 Å². The van der Waals surface area contributed by atoms with E-state index in [1.807, 2.05) is 6.92 Å². The minimum atomic E-state index is -0.684. The number of anilines is 1. The summed E-state index contributed by atoms with van der Waals surface area (Å²) < 4.78 is 16.6. The van der Waals surface area contributed by atoms with Crippen molar-refractivity contribution in [3.05, 3.63) is 71.4 Å². The highest BCUT2D eigenvalue weighted by Gasteiger charge is 2.17. The molecule has 7 nitrogen and oxygen atoms in total. The second-order valence-electron chi connectivity index (χ2n) is 6.63. The smallest absolute Gasteiger partial charge is 0.283 e. The number of nitrogens with zero attached hydrogens (tertiary/aromatic N) is 2. The number of carbonyl (C=O) groups is 1. The van der Waals surface area contributed by atoms with Gasteiger partial charge in [0, 0.05) is 16.3 Å². The zero-order chi connectivity index (χ0) is 21.1. The van der Waals surface area contributed by atoms with Crippen molar-refractivity contribution in [1.29, 1.82) is 0 Å². The molecule has 152 valence electrons. The second kappa shape index (κ2) is 8.42. The van der Waals surface area contributed by atoms with Gasteiger partial charge in [0.1, 0.15) is 5.75 Å². The zero-order valence-corrected chi connectivity index (χ0v) is 17.0. The molecule has 30 heavy (non-hydrogen) atoms. The average molecular weight is 424 g/mol. The molecule has 0 aliphatic heterocycles. The summed E-state index contributed by atoms with van der Waals surface area (Å²) in [5.74, 6) is 1.50. The van der Waals surface area contributed by atoms with Gasteiger partial charge in [-0.25, -0.2) is 0 Å². The molecule has 0 fully saturated rings. The summed E-state index contributed by atoms with van der Waals surface area (Å²) in [4.78, 5) is 12.5. The highest BCUT2D eigenvalue weighted by atomic mass is 35.5. The molecule has 2 aromatic carbocycles. The van der Waals surface area contributed by atoms with Crippen molar-refractivity contribution in [2.45, 2.75) is 20.0 Å². The lowest BCUT2D eigenvalue weighted by Crippen LogP contribution is -2.30. The third-order valence-electron chi connectivity index (χ3n) is 4.37. The van der Waals surface area contributed by atoms with Gasteiger partial charge in [-0.05, 0) is 74.0 Å². The molecule has 0 radical (unpaired) electrons. The number of aromatic nitrogens is 2. The zero-order valence-electron chi connectivity index (χ0n) is 16.3. The van der Waals surface area contributed by atoms with Crippen LogP contribution in [0.1, 0.15) is 12.5 Å². The Labute approximate surface area is 177 Å². The predicted molar refractivity (Wildman–Crippen MR) is 112 cm³/mol. The van der Waals surface area contributed by atoms with E-state index in [1.54, 1.807) is 61.5 Å². The summed E-state index contributed by atoms with van der Waals surface area (Å²) in [6.45, 7) is 3.56. The summed E-state index contributed by atoms with van der Waals surface area (Å²) >= 11 is 5.95. The van der Waals surface area contributed by atoms with Crippen LogP contribution in [0, 0.1) is 6.92 Å². The molecule has 0 aliphatic rings. The molecule has 0 spiro atoms. The number of amides is 1. The fourth-order valence-corrected chi connectivity index (χ4v) is 3.00. The van der Waals surface area contributed by atoms with Crippen LogP contribution in [0.3, 0.4) is 0 Å². The number of furan rings is 1. The van der Waals surface area contributed by atoms with Crippen LogP contribution in [0.25, 0.3) is 23.1 Å². The number of rotatable bonds is 6. The predicted octanol–water partition coefficient (Wildman–Crippen LogP) is 5.36. The average Bonchev–Trinajstić information content (AvgIpc) is 3.42. The van der Waals surface area contributed by atoms with Crippen LogP contribution in [0.2, 0.25) is 5.02 Å². The first-order valence-corrected chi connectivity index (χ1v) is 9.59. The molecular weight excluding hydrogens is 406 g/mol. The van der Waals surface area contributed by atoms with Crippen LogP contribution >= 0.6 is 11.6 Å². The summed E-state index contributed by atoms with van der Waals surface area (Å²) in [6, 6.07) is 15.8. The quantitative estimate of drug-likeness (QED) is 0.448. The molecule has 1 atom stereocenters. The normalized spacial score (nSPS) is 11.8. The number of halogens is 1. The molecule has 0 bridgehead atoms. The summed E-state index contributed by atoms with van der Waals surface area (Å²) in [7, 11) is 0. The number of nitrogens with one attached hydrogen (secondary N) is 1. The van der Waals surface area contributed by atoms with E-state index in [1.165, 1.54) is 6.26 Å². The van der Waals surface area contributed by atoms with Gasteiger partial charge in [-0.1, -0.05) is 11.6 Å². The molecule has 1 amide bonds. The lowest BCUT2D eigenvalue weighted by atomic mass is 10.2. The number of hydrogen-bond donors (Lipinski definition) is 1. The molecule has 1 N–H and O–H groups in total. The maximum Gasteiger partial charge on any atom is 0.283 e. The van der Waals surface area contributed by atoms with Crippen molar-refractivity contribution in [3.63, 3.8) is 0 Å². The topological polar surface area (TPSA) is 90.4 Å². The molecule has 2 heterocycles. The SMILES string of the molecule is Cc1cc(Cl)ccc1O[C@@H](C)C(=O)Nc1ccc(-c2nnc(-c3ccco3)o2)cc1. The molecule has 0 aliphatic carbocycles. The van der Waals surface area contributed by atoms with Crippen molar-refractivity contribution >= 4 is 23.2 Å². The minimum Gasteiger partial charge on any atom is -0.481 e. The molecule has 0 saturated carbocycles. The van der Waals surface area contributed by atoms with E-state index in [4.69, 9.17) is 25.2 Å². The van der Waals surface area contributed by atoms with E-state index in [9.17, 15) is 4.79 Å². The van der Waals surface area contributed by atoms with Gasteiger partial charge in [0.2, 0.25) is 5.89 Å². The highest BCUT2D eigenvalue weighted by molar-refractivity contribution is 6.30. The van der Waals surface area contributed by atoms with Crippen LogP contribution in [-0.4, -0.2) is 22.2 Å². The Balaban J connectivity index is 1.40. The van der Waals surface area contributed by atoms with Gasteiger partial charge < -0.3 is 18.9 Å². The number of ether oxygens (including phenoxy) is 1. The molecule has 0 unspecified atom stereocenters. The Kier molecular flexibility index (Phi) is 5.54. The van der Waals surface area contributed by atoms with Crippen LogP contribution in [-0.2, 0) is 4.79 Å². The fourth-order valence-electron chi connectivity index (χ4n) is 2.77. The van der Waals surface area contributed by atoms with Crippen molar-refractivity contribution in [2.24, 2.45) is 0 Å². The van der Waals surface area contributed by atoms with Crippen LogP contribution < -0.4 is 10.1 Å². The Bertz CT molecular complexity index is 1150. The van der Waals surface area contributed by atoms with Crippen molar-refractivity contribution in [3.8, 4) is 28.9 Å². The van der Waals surface area contributed by atoms with Gasteiger partial charge in [-0.2, -0.15) is 0 Å². The molecule has 0 saturated heterocycles. The molecule has 4 aromatic rings. The lowest BCUT2D eigenvalue weighted by molar-refractivity contribution is -0.122. The third kappa shape index (κ3) is 4.36. The van der Waals surface area contributed by atoms with Gasteiger partial charge in [0.05, 0.1) is 6.26 Å². The number of benzene rings is 2. The van der Waals surface area contributed by atoms with E-state index in [2.05, 4.69) is 15.5 Å². The largest absolute Gasteiger partial charge is 0.481 e. The fraction of sp³-hybridized carbons (Fsp3) is 0.136. The van der Waals surface area contributed by atoms with E-state index in [-0.39, 0.29) is 5.91 Å². The van der Waals surface area contributed by atoms with E-state index in [0.29, 0.717) is 34.0 Å². The van der Waals surface area contributed by atoms with Gasteiger partial charge in [-0.3, -0.25) is 4.79 Å². The third-order valence-corrected chi connectivity index (χ3v) is 4.60. The first-order valence-electron chi connectivity index (χ1n) is 9.21. The monoisotopic (exact) mass is 423 g/mol. The summed E-state index contributed by atoms with van der Waals surface area (Å²) in [5, 5.41) is 11.5. The summed E-state index contributed by atoms with van der Waals surface area (Å²) in [5.41, 5.74) is 2.21. The Hall–Kier alpha value is -3.58. The van der Waals surface area contributed by atoms with Crippen molar-refractivity contribution in [1.82, 2.24) is 10.2 Å². The Morgan fingerprint density at radius 1 is 1.10 bits per heavy atom. The van der Waals surface area contributed by atoms with Crippen LogP contribution in [0.5, 0.6) is 5.75 Å². The van der Waals surface area contributed by atoms with E-state index < -0.39 is 6.10 Å². The van der Waals surface area contributed by atoms with E-state index >= 15 is 0 Å². The van der Waals surface area contributed by atoms with Gasteiger partial charge >= 0.3 is 0 Å². The molecular formula is C22H18ClN3O4. The first-order chi connectivity index (χ1) is 14.5. The molecule has 4 rings (SSSR count).